The summed E-state index contributed by atoms with van der Waals surface area (Å²) in [5.41, 5.74) is 1.38. The van der Waals surface area contributed by atoms with E-state index < -0.39 is 23.4 Å². The van der Waals surface area contributed by atoms with Gasteiger partial charge in [0.1, 0.15) is 11.9 Å². The van der Waals surface area contributed by atoms with Crippen molar-refractivity contribution in [3.63, 3.8) is 0 Å². The number of carbonyl (C=O) groups is 3. The average Bonchev–Trinajstić information content (AvgIpc) is 3.22. The van der Waals surface area contributed by atoms with Crippen LogP contribution in [0.2, 0.25) is 0 Å². The van der Waals surface area contributed by atoms with Crippen LogP contribution in [0.15, 0.2) is 11.5 Å². The molecule has 2 heterocycles. The molecule has 2 fully saturated rings. The molecule has 4 amide bonds. The minimum Gasteiger partial charge on any atom is -0.322 e. The van der Waals surface area contributed by atoms with Crippen LogP contribution in [-0.2, 0) is 9.59 Å². The molecule has 23 heavy (non-hydrogen) atoms. The van der Waals surface area contributed by atoms with Crippen LogP contribution >= 0.6 is 11.8 Å². The molecule has 1 aliphatic carbocycles. The standard InChI is InChI=1S/C13H18N6O3S/c1-3-13(2)10(21)19(11(22)15-13)17-9(20)6-23-12-16-14-7-18(12)8-4-5-8/h7-8H,3-6H2,1-2H3,(H,15,22)(H,17,20). The van der Waals surface area contributed by atoms with Crippen LogP contribution in [0.25, 0.3) is 0 Å². The maximum Gasteiger partial charge on any atom is 0.344 e. The molecule has 2 aliphatic rings. The zero-order valence-corrected chi connectivity index (χ0v) is 13.7. The molecule has 3 rings (SSSR count). The van der Waals surface area contributed by atoms with Crippen LogP contribution in [0.4, 0.5) is 4.79 Å². The maximum absolute atomic E-state index is 12.2. The first-order chi connectivity index (χ1) is 10.9. The van der Waals surface area contributed by atoms with Crippen LogP contribution < -0.4 is 10.7 Å². The Morgan fingerprint density at radius 2 is 2.26 bits per heavy atom. The van der Waals surface area contributed by atoms with Crippen molar-refractivity contribution < 1.29 is 14.4 Å². The van der Waals surface area contributed by atoms with Crippen molar-refractivity contribution in [3.8, 4) is 0 Å². The molecule has 124 valence electrons. The van der Waals surface area contributed by atoms with Gasteiger partial charge in [-0.05, 0) is 26.2 Å². The summed E-state index contributed by atoms with van der Waals surface area (Å²) in [4.78, 5) is 36.0. The lowest BCUT2D eigenvalue weighted by Crippen LogP contribution is -2.49. The molecule has 1 aromatic heterocycles. The third kappa shape index (κ3) is 3.03. The van der Waals surface area contributed by atoms with Crippen LogP contribution in [-0.4, -0.2) is 48.9 Å². The Labute approximate surface area is 137 Å². The predicted octanol–water partition coefficient (Wildman–Crippen LogP) is 0.457. The molecular weight excluding hydrogens is 320 g/mol. The number of thioether (sulfide) groups is 1. The summed E-state index contributed by atoms with van der Waals surface area (Å²) in [5.74, 6) is -0.848. The minimum atomic E-state index is -0.969. The van der Waals surface area contributed by atoms with Crippen LogP contribution in [0.3, 0.4) is 0 Å². The van der Waals surface area contributed by atoms with E-state index in [1.54, 1.807) is 20.2 Å². The SMILES string of the molecule is CCC1(C)NC(=O)N(NC(=O)CSc2nncn2C2CC2)C1=O. The second kappa shape index (κ2) is 5.84. The fourth-order valence-electron chi connectivity index (χ4n) is 2.25. The average molecular weight is 338 g/mol. The Morgan fingerprint density at radius 3 is 2.87 bits per heavy atom. The van der Waals surface area contributed by atoms with Crippen molar-refractivity contribution in [1.82, 2.24) is 30.5 Å². The quantitative estimate of drug-likeness (QED) is 0.576. The molecule has 9 nitrogen and oxygen atoms in total. The number of hydrogen-bond acceptors (Lipinski definition) is 6. The lowest BCUT2D eigenvalue weighted by Gasteiger charge is -2.19. The van der Waals surface area contributed by atoms with Crippen LogP contribution in [0.5, 0.6) is 0 Å². The van der Waals surface area contributed by atoms with Crippen molar-refractivity contribution in [2.45, 2.75) is 49.8 Å². The van der Waals surface area contributed by atoms with Crippen molar-refractivity contribution in [3.05, 3.63) is 6.33 Å². The number of carbonyl (C=O) groups excluding carboxylic acids is 3. The Morgan fingerprint density at radius 1 is 1.52 bits per heavy atom. The monoisotopic (exact) mass is 338 g/mol. The number of rotatable bonds is 6. The summed E-state index contributed by atoms with van der Waals surface area (Å²) < 4.78 is 1.94. The smallest absolute Gasteiger partial charge is 0.322 e. The number of urea groups is 1. The van der Waals surface area contributed by atoms with Crippen LogP contribution in [0.1, 0.15) is 39.2 Å². The summed E-state index contributed by atoms with van der Waals surface area (Å²) in [6, 6.07) is -0.189. The number of hydrogen-bond donors (Lipinski definition) is 2. The van der Waals surface area contributed by atoms with E-state index in [0.717, 1.165) is 17.9 Å². The molecule has 0 spiro atoms. The van der Waals surface area contributed by atoms with E-state index in [2.05, 4.69) is 20.9 Å². The first kappa shape index (κ1) is 15.8. The van der Waals surface area contributed by atoms with Crippen LogP contribution in [0, 0.1) is 0 Å². The number of aromatic nitrogens is 3. The Bertz CT molecular complexity index is 658. The van der Waals surface area contributed by atoms with E-state index in [-0.39, 0.29) is 5.75 Å². The van der Waals surface area contributed by atoms with E-state index in [1.807, 2.05) is 4.57 Å². The van der Waals surface area contributed by atoms with Gasteiger partial charge in [0.15, 0.2) is 5.16 Å². The number of amides is 4. The van der Waals surface area contributed by atoms with Gasteiger partial charge in [-0.25, -0.2) is 4.79 Å². The largest absolute Gasteiger partial charge is 0.344 e. The molecule has 0 bridgehead atoms. The predicted molar refractivity (Wildman–Crippen MR) is 81.2 cm³/mol. The van der Waals surface area contributed by atoms with Crippen molar-refractivity contribution in [2.24, 2.45) is 0 Å². The first-order valence-corrected chi connectivity index (χ1v) is 8.41. The molecule has 1 atom stereocenters. The number of imide groups is 1. The fraction of sp³-hybridized carbons (Fsp3) is 0.615. The highest BCUT2D eigenvalue weighted by atomic mass is 32.2. The van der Waals surface area contributed by atoms with E-state index in [1.165, 1.54) is 11.8 Å². The van der Waals surface area contributed by atoms with Crippen molar-refractivity contribution in [2.75, 3.05) is 5.75 Å². The van der Waals surface area contributed by atoms with Gasteiger partial charge in [0.2, 0.25) is 5.91 Å². The lowest BCUT2D eigenvalue weighted by atomic mass is 10.00. The van der Waals surface area contributed by atoms with Crippen molar-refractivity contribution >= 4 is 29.6 Å². The molecule has 1 saturated heterocycles. The van der Waals surface area contributed by atoms with Gasteiger partial charge in [-0.2, -0.15) is 5.01 Å². The zero-order chi connectivity index (χ0) is 16.6. The molecule has 0 aromatic carbocycles. The first-order valence-electron chi connectivity index (χ1n) is 7.43. The van der Waals surface area contributed by atoms with Gasteiger partial charge < -0.3 is 9.88 Å². The summed E-state index contributed by atoms with van der Waals surface area (Å²) in [6.07, 6.45) is 4.29. The van der Waals surface area contributed by atoms with Gasteiger partial charge in [-0.15, -0.1) is 10.2 Å². The second-order valence-corrected chi connectivity index (χ2v) is 6.77. The number of hydrazine groups is 1. The Hall–Kier alpha value is -2.10. The maximum atomic E-state index is 12.2. The van der Waals surface area contributed by atoms with E-state index in [0.29, 0.717) is 17.6 Å². The molecule has 1 saturated carbocycles. The normalized spacial score (nSPS) is 24.0. The number of nitrogens with one attached hydrogen (secondary N) is 2. The summed E-state index contributed by atoms with van der Waals surface area (Å²) >= 11 is 1.23. The third-order valence-electron chi connectivity index (χ3n) is 4.02. The molecule has 1 unspecified atom stereocenters. The molecule has 2 N–H and O–H groups in total. The van der Waals surface area contributed by atoms with Gasteiger partial charge in [-0.1, -0.05) is 18.7 Å². The number of nitrogens with zero attached hydrogens (tertiary/aromatic N) is 4. The topological polar surface area (TPSA) is 109 Å². The van der Waals surface area contributed by atoms with Gasteiger partial charge >= 0.3 is 6.03 Å². The van der Waals surface area contributed by atoms with Gasteiger partial charge in [0.05, 0.1) is 5.75 Å². The molecule has 1 aromatic rings. The Kier molecular flexibility index (Phi) is 4.00. The minimum absolute atomic E-state index is 0.0469. The highest BCUT2D eigenvalue weighted by Crippen LogP contribution is 2.37. The molecular formula is C13H18N6O3S. The molecule has 10 heteroatoms. The van der Waals surface area contributed by atoms with Gasteiger partial charge in [-0.3, -0.25) is 15.0 Å². The zero-order valence-electron chi connectivity index (χ0n) is 12.9. The summed E-state index contributed by atoms with van der Waals surface area (Å²) in [7, 11) is 0. The van der Waals surface area contributed by atoms with Gasteiger partial charge in [0.25, 0.3) is 5.91 Å². The molecule has 0 radical (unpaired) electrons. The second-order valence-electron chi connectivity index (χ2n) is 5.83. The molecule has 1 aliphatic heterocycles. The highest BCUT2D eigenvalue weighted by Gasteiger charge is 2.47. The van der Waals surface area contributed by atoms with E-state index >= 15 is 0 Å². The highest BCUT2D eigenvalue weighted by molar-refractivity contribution is 7.99. The van der Waals surface area contributed by atoms with Gasteiger partial charge in [0, 0.05) is 6.04 Å². The van der Waals surface area contributed by atoms with E-state index in [4.69, 9.17) is 0 Å². The van der Waals surface area contributed by atoms with E-state index in [9.17, 15) is 14.4 Å². The Balaban J connectivity index is 1.56. The summed E-state index contributed by atoms with van der Waals surface area (Å²) in [5, 5.41) is 11.8. The third-order valence-corrected chi connectivity index (χ3v) is 4.97. The lowest BCUT2D eigenvalue weighted by molar-refractivity contribution is -0.137. The summed E-state index contributed by atoms with van der Waals surface area (Å²) in [6.45, 7) is 3.43. The fourth-order valence-corrected chi connectivity index (χ4v) is 3.03. The van der Waals surface area contributed by atoms with Crippen molar-refractivity contribution in [1.29, 1.82) is 0 Å².